The molecular formula is C28H30O2S. The van der Waals surface area contributed by atoms with Gasteiger partial charge >= 0.3 is 5.97 Å². The fourth-order valence-corrected chi connectivity index (χ4v) is 7.90. The molecule has 0 amide bonds. The van der Waals surface area contributed by atoms with Gasteiger partial charge in [-0.1, -0.05) is 48.5 Å². The van der Waals surface area contributed by atoms with E-state index in [0.717, 1.165) is 17.6 Å². The molecule has 31 heavy (non-hydrogen) atoms. The molecule has 0 spiro atoms. The molecule has 0 aromatic heterocycles. The van der Waals surface area contributed by atoms with Crippen LogP contribution in [0.1, 0.15) is 44.6 Å². The Balaban J connectivity index is 1.17. The second-order valence-corrected chi connectivity index (χ2v) is 11.2. The standard InChI is InChI=1S/C28H30O2S/c1-28(22-11-18-10-19(13-22)14-23(28)12-18)30-27(29)17-31-16-26-24-8-4-2-6-20(24)15-21-7-3-5-9-25(21)26/h2-9,15,18-19,22-23H,10-14,16-17H2,1H3. The third kappa shape index (κ3) is 3.36. The molecule has 4 saturated carbocycles. The van der Waals surface area contributed by atoms with Gasteiger partial charge < -0.3 is 4.74 Å². The Morgan fingerprint density at radius 2 is 1.45 bits per heavy atom. The van der Waals surface area contributed by atoms with Crippen molar-refractivity contribution in [1.29, 1.82) is 0 Å². The van der Waals surface area contributed by atoms with Gasteiger partial charge in [-0.3, -0.25) is 4.79 Å². The molecule has 4 bridgehead atoms. The van der Waals surface area contributed by atoms with Crippen molar-refractivity contribution in [2.45, 2.75) is 50.4 Å². The summed E-state index contributed by atoms with van der Waals surface area (Å²) in [6.45, 7) is 2.24. The maximum atomic E-state index is 12.9. The molecule has 2 nitrogen and oxygen atoms in total. The molecule has 0 saturated heterocycles. The van der Waals surface area contributed by atoms with Crippen LogP contribution in [-0.4, -0.2) is 17.3 Å². The Morgan fingerprint density at radius 1 is 0.903 bits per heavy atom. The number of carbonyl (C=O) groups is 1. The topological polar surface area (TPSA) is 26.3 Å². The van der Waals surface area contributed by atoms with Crippen LogP contribution in [0.5, 0.6) is 0 Å². The first-order valence-corrected chi connectivity index (χ1v) is 12.9. The molecular weight excluding hydrogens is 400 g/mol. The molecule has 7 rings (SSSR count). The first kappa shape index (κ1) is 19.7. The van der Waals surface area contributed by atoms with Crippen molar-refractivity contribution in [3.8, 4) is 0 Å². The van der Waals surface area contributed by atoms with Gasteiger partial charge in [-0.2, -0.15) is 0 Å². The molecule has 0 aliphatic heterocycles. The molecule has 0 heterocycles. The van der Waals surface area contributed by atoms with Crippen LogP contribution in [0.4, 0.5) is 0 Å². The minimum absolute atomic E-state index is 0.0236. The predicted molar refractivity (Wildman–Crippen MR) is 129 cm³/mol. The number of hydrogen-bond donors (Lipinski definition) is 0. The van der Waals surface area contributed by atoms with Gasteiger partial charge in [-0.05, 0) is 95.9 Å². The van der Waals surface area contributed by atoms with Gasteiger partial charge in [-0.25, -0.2) is 0 Å². The Kier molecular flexibility index (Phi) is 4.79. The lowest BCUT2D eigenvalue weighted by molar-refractivity contribution is -0.200. The van der Waals surface area contributed by atoms with Crippen LogP contribution < -0.4 is 0 Å². The quantitative estimate of drug-likeness (QED) is 0.322. The normalized spacial score (nSPS) is 31.4. The van der Waals surface area contributed by atoms with Crippen molar-refractivity contribution in [2.75, 3.05) is 5.75 Å². The highest BCUT2D eigenvalue weighted by atomic mass is 32.2. The first-order chi connectivity index (χ1) is 15.1. The van der Waals surface area contributed by atoms with E-state index in [-0.39, 0.29) is 11.6 Å². The molecule has 0 N–H and O–H groups in total. The molecule has 0 radical (unpaired) electrons. The minimum Gasteiger partial charge on any atom is -0.458 e. The average molecular weight is 431 g/mol. The summed E-state index contributed by atoms with van der Waals surface area (Å²) in [6.07, 6.45) is 6.50. The Morgan fingerprint density at radius 3 is 2.03 bits per heavy atom. The molecule has 4 aliphatic rings. The fraction of sp³-hybridized carbons (Fsp3) is 0.464. The lowest BCUT2D eigenvalue weighted by Crippen LogP contribution is -2.58. The summed E-state index contributed by atoms with van der Waals surface area (Å²) in [5.41, 5.74) is 1.10. The van der Waals surface area contributed by atoms with Crippen LogP contribution in [0.25, 0.3) is 21.5 Å². The predicted octanol–water partition coefficient (Wildman–Crippen LogP) is 6.98. The van der Waals surface area contributed by atoms with Crippen LogP contribution in [-0.2, 0) is 15.3 Å². The second-order valence-electron chi connectivity index (χ2n) is 10.3. The zero-order valence-corrected chi connectivity index (χ0v) is 19.0. The Labute approximate surface area is 188 Å². The second kappa shape index (κ2) is 7.55. The summed E-state index contributed by atoms with van der Waals surface area (Å²) in [7, 11) is 0. The van der Waals surface area contributed by atoms with E-state index < -0.39 is 0 Å². The van der Waals surface area contributed by atoms with Gasteiger partial charge in [0, 0.05) is 5.75 Å². The maximum absolute atomic E-state index is 12.9. The van der Waals surface area contributed by atoms with Crippen molar-refractivity contribution in [2.24, 2.45) is 23.7 Å². The maximum Gasteiger partial charge on any atom is 0.316 e. The SMILES string of the molecule is CC1(OC(=O)CSCc2c3ccccc3cc3ccccc23)C2CC3CC(C2)CC1C3. The lowest BCUT2D eigenvalue weighted by atomic mass is 9.50. The van der Waals surface area contributed by atoms with E-state index in [2.05, 4.69) is 61.5 Å². The van der Waals surface area contributed by atoms with E-state index >= 15 is 0 Å². The Bertz CT molecular complexity index is 1070. The Hall–Kier alpha value is -2.00. The first-order valence-electron chi connectivity index (χ1n) is 11.8. The average Bonchev–Trinajstić information content (AvgIpc) is 2.76. The summed E-state index contributed by atoms with van der Waals surface area (Å²) >= 11 is 1.69. The van der Waals surface area contributed by atoms with Gasteiger partial charge in [-0.15, -0.1) is 11.8 Å². The number of thioether (sulfide) groups is 1. The number of esters is 1. The number of carbonyl (C=O) groups excluding carboxylic acids is 1. The van der Waals surface area contributed by atoms with Gasteiger partial charge in [0.05, 0.1) is 5.75 Å². The van der Waals surface area contributed by atoms with E-state index in [1.165, 1.54) is 59.2 Å². The highest BCUT2D eigenvalue weighted by Gasteiger charge is 2.56. The monoisotopic (exact) mass is 430 g/mol. The van der Waals surface area contributed by atoms with Crippen LogP contribution in [0.2, 0.25) is 0 Å². The molecule has 3 aromatic carbocycles. The third-order valence-corrected chi connectivity index (χ3v) is 9.37. The molecule has 3 heteroatoms. The van der Waals surface area contributed by atoms with Crippen LogP contribution >= 0.6 is 11.8 Å². The fourth-order valence-electron chi connectivity index (χ4n) is 7.06. The van der Waals surface area contributed by atoms with E-state index in [1.807, 2.05) is 0 Å². The smallest absolute Gasteiger partial charge is 0.316 e. The van der Waals surface area contributed by atoms with Gasteiger partial charge in [0.15, 0.2) is 0 Å². The minimum atomic E-state index is -0.225. The van der Waals surface area contributed by atoms with E-state index in [0.29, 0.717) is 17.6 Å². The number of benzene rings is 3. The number of hydrogen-bond acceptors (Lipinski definition) is 3. The highest BCUT2D eigenvalue weighted by Crippen LogP contribution is 2.59. The summed E-state index contributed by atoms with van der Waals surface area (Å²) in [5.74, 6) is 4.18. The van der Waals surface area contributed by atoms with E-state index in [4.69, 9.17) is 4.74 Å². The molecule has 160 valence electrons. The molecule has 4 aliphatic carbocycles. The van der Waals surface area contributed by atoms with Gasteiger partial charge in [0.2, 0.25) is 0 Å². The molecule has 0 unspecified atom stereocenters. The number of fused-ring (bicyclic) bond motifs is 2. The van der Waals surface area contributed by atoms with Crippen LogP contribution in [0.3, 0.4) is 0 Å². The molecule has 4 fully saturated rings. The van der Waals surface area contributed by atoms with E-state index in [1.54, 1.807) is 11.8 Å². The largest absolute Gasteiger partial charge is 0.458 e. The van der Waals surface area contributed by atoms with Crippen molar-refractivity contribution in [3.05, 3.63) is 60.2 Å². The summed E-state index contributed by atoms with van der Waals surface area (Å²) in [5, 5.41) is 5.10. The summed E-state index contributed by atoms with van der Waals surface area (Å²) < 4.78 is 6.27. The van der Waals surface area contributed by atoms with Gasteiger partial charge in [0.25, 0.3) is 0 Å². The molecule has 0 atom stereocenters. The number of rotatable bonds is 5. The summed E-state index contributed by atoms with van der Waals surface area (Å²) in [6, 6.07) is 19.4. The summed E-state index contributed by atoms with van der Waals surface area (Å²) in [4.78, 5) is 12.9. The molecule has 3 aromatic rings. The highest BCUT2D eigenvalue weighted by molar-refractivity contribution is 7.99. The number of ether oxygens (including phenoxy) is 1. The zero-order chi connectivity index (χ0) is 21.0. The van der Waals surface area contributed by atoms with Crippen molar-refractivity contribution in [3.63, 3.8) is 0 Å². The van der Waals surface area contributed by atoms with Crippen molar-refractivity contribution in [1.82, 2.24) is 0 Å². The van der Waals surface area contributed by atoms with Crippen LogP contribution in [0.15, 0.2) is 54.6 Å². The van der Waals surface area contributed by atoms with Crippen molar-refractivity contribution < 1.29 is 9.53 Å². The van der Waals surface area contributed by atoms with Gasteiger partial charge in [0.1, 0.15) is 5.60 Å². The van der Waals surface area contributed by atoms with E-state index in [9.17, 15) is 4.79 Å². The lowest BCUT2D eigenvalue weighted by Gasteiger charge is -2.59. The third-order valence-electron chi connectivity index (χ3n) is 8.44. The zero-order valence-electron chi connectivity index (χ0n) is 18.2. The van der Waals surface area contributed by atoms with Crippen LogP contribution in [0, 0.1) is 23.7 Å². The van der Waals surface area contributed by atoms with Crippen molar-refractivity contribution >= 4 is 39.3 Å².